The average Bonchev–Trinajstić information content (AvgIpc) is 2.08. The quantitative estimate of drug-likeness (QED) is 0.567. The Morgan fingerprint density at radius 1 is 1.18 bits per heavy atom. The SMILES string of the molecule is CNC(CCOC)(OC)OC. The van der Waals surface area contributed by atoms with Gasteiger partial charge in [0, 0.05) is 27.8 Å². The molecule has 0 aliphatic rings. The number of nitrogens with one attached hydrogen (secondary N) is 1. The molecule has 0 aliphatic carbocycles. The summed E-state index contributed by atoms with van der Waals surface area (Å²) in [5, 5.41) is 2.93. The standard InChI is InChI=1S/C7H17NO3/c1-8-7(10-3,11-4)5-6-9-2/h8H,5-6H2,1-4H3. The molecule has 0 saturated heterocycles. The van der Waals surface area contributed by atoms with E-state index in [-0.39, 0.29) is 0 Å². The Bertz CT molecular complexity index is 85.4. The lowest BCUT2D eigenvalue weighted by atomic mass is 10.3. The molecule has 0 unspecified atom stereocenters. The molecule has 0 rings (SSSR count). The second kappa shape index (κ2) is 5.49. The van der Waals surface area contributed by atoms with Crippen LogP contribution in [0.4, 0.5) is 0 Å². The zero-order valence-corrected chi connectivity index (χ0v) is 7.64. The van der Waals surface area contributed by atoms with Crippen LogP contribution < -0.4 is 5.32 Å². The second-order valence-corrected chi connectivity index (χ2v) is 2.15. The van der Waals surface area contributed by atoms with Crippen molar-refractivity contribution in [2.45, 2.75) is 12.3 Å². The van der Waals surface area contributed by atoms with Crippen LogP contribution in [0.2, 0.25) is 0 Å². The van der Waals surface area contributed by atoms with Crippen LogP contribution in [0.3, 0.4) is 0 Å². The minimum atomic E-state index is -0.698. The summed E-state index contributed by atoms with van der Waals surface area (Å²) in [7, 11) is 6.61. The van der Waals surface area contributed by atoms with Gasteiger partial charge >= 0.3 is 0 Å². The average molecular weight is 163 g/mol. The highest BCUT2D eigenvalue weighted by Crippen LogP contribution is 2.10. The molecule has 0 atom stereocenters. The van der Waals surface area contributed by atoms with E-state index < -0.39 is 5.91 Å². The molecule has 0 bridgehead atoms. The van der Waals surface area contributed by atoms with Crippen LogP contribution in [-0.4, -0.2) is 40.9 Å². The third kappa shape index (κ3) is 3.16. The molecule has 1 N–H and O–H groups in total. The topological polar surface area (TPSA) is 39.7 Å². The Kier molecular flexibility index (Phi) is 5.41. The predicted molar refractivity (Wildman–Crippen MR) is 42.3 cm³/mol. The van der Waals surface area contributed by atoms with Gasteiger partial charge in [-0.1, -0.05) is 0 Å². The van der Waals surface area contributed by atoms with Crippen LogP contribution in [0.15, 0.2) is 0 Å². The van der Waals surface area contributed by atoms with Gasteiger partial charge in [0.25, 0.3) is 0 Å². The first-order valence-corrected chi connectivity index (χ1v) is 3.53. The fourth-order valence-corrected chi connectivity index (χ4v) is 0.853. The summed E-state index contributed by atoms with van der Waals surface area (Å²) in [6.45, 7) is 0.600. The molecule has 0 heterocycles. The van der Waals surface area contributed by atoms with E-state index in [0.29, 0.717) is 13.0 Å². The normalized spacial score (nSPS) is 12.0. The van der Waals surface area contributed by atoms with Crippen molar-refractivity contribution < 1.29 is 14.2 Å². The maximum Gasteiger partial charge on any atom is 0.228 e. The molecule has 68 valence electrons. The van der Waals surface area contributed by atoms with Gasteiger partial charge < -0.3 is 14.2 Å². The maximum absolute atomic E-state index is 5.12. The molecule has 4 heteroatoms. The minimum absolute atomic E-state index is 0.600. The molecule has 0 aromatic rings. The third-order valence-corrected chi connectivity index (χ3v) is 1.68. The van der Waals surface area contributed by atoms with Gasteiger partial charge in [0.2, 0.25) is 5.91 Å². The van der Waals surface area contributed by atoms with E-state index in [1.54, 1.807) is 28.4 Å². The summed E-state index contributed by atoms with van der Waals surface area (Å²) in [6, 6.07) is 0. The van der Waals surface area contributed by atoms with Gasteiger partial charge in [-0.25, -0.2) is 0 Å². The Morgan fingerprint density at radius 3 is 2.00 bits per heavy atom. The van der Waals surface area contributed by atoms with Crippen LogP contribution in [0.25, 0.3) is 0 Å². The summed E-state index contributed by atoms with van der Waals surface area (Å²) in [5.74, 6) is -0.698. The molecule has 0 aliphatic heterocycles. The van der Waals surface area contributed by atoms with Gasteiger partial charge in [-0.3, -0.25) is 5.32 Å². The Hall–Kier alpha value is -0.160. The van der Waals surface area contributed by atoms with Gasteiger partial charge in [-0.15, -0.1) is 0 Å². The van der Waals surface area contributed by atoms with Crippen LogP contribution in [-0.2, 0) is 14.2 Å². The van der Waals surface area contributed by atoms with E-state index in [0.717, 1.165) is 0 Å². The van der Waals surface area contributed by atoms with Crippen LogP contribution >= 0.6 is 0 Å². The molecular formula is C7H17NO3. The number of ether oxygens (including phenoxy) is 3. The Morgan fingerprint density at radius 2 is 1.73 bits per heavy atom. The van der Waals surface area contributed by atoms with Crippen molar-refractivity contribution in [2.75, 3.05) is 35.0 Å². The minimum Gasteiger partial charge on any atom is -0.384 e. The first-order valence-electron chi connectivity index (χ1n) is 3.53. The number of hydrogen-bond donors (Lipinski definition) is 1. The molecule has 0 aromatic carbocycles. The van der Waals surface area contributed by atoms with Crippen molar-refractivity contribution in [3.63, 3.8) is 0 Å². The van der Waals surface area contributed by atoms with Crippen LogP contribution in [0.5, 0.6) is 0 Å². The lowest BCUT2D eigenvalue weighted by molar-refractivity contribution is -0.232. The van der Waals surface area contributed by atoms with E-state index in [1.807, 2.05) is 0 Å². The third-order valence-electron chi connectivity index (χ3n) is 1.68. The van der Waals surface area contributed by atoms with E-state index >= 15 is 0 Å². The van der Waals surface area contributed by atoms with Crippen molar-refractivity contribution in [2.24, 2.45) is 0 Å². The van der Waals surface area contributed by atoms with Gasteiger partial charge in [0.05, 0.1) is 6.61 Å². The molecule has 0 saturated carbocycles. The zero-order valence-electron chi connectivity index (χ0n) is 7.64. The van der Waals surface area contributed by atoms with Gasteiger partial charge in [-0.05, 0) is 7.05 Å². The fraction of sp³-hybridized carbons (Fsp3) is 1.00. The van der Waals surface area contributed by atoms with E-state index in [9.17, 15) is 0 Å². The van der Waals surface area contributed by atoms with Gasteiger partial charge in [0.15, 0.2) is 0 Å². The summed E-state index contributed by atoms with van der Waals surface area (Å²) >= 11 is 0. The number of rotatable bonds is 6. The van der Waals surface area contributed by atoms with Crippen molar-refractivity contribution in [3.8, 4) is 0 Å². The molecule has 0 amide bonds. The molecule has 0 fully saturated rings. The van der Waals surface area contributed by atoms with Crippen molar-refractivity contribution in [3.05, 3.63) is 0 Å². The number of methoxy groups -OCH3 is 3. The molecule has 0 aromatic heterocycles. The summed E-state index contributed by atoms with van der Waals surface area (Å²) in [4.78, 5) is 0. The summed E-state index contributed by atoms with van der Waals surface area (Å²) < 4.78 is 15.2. The molecule has 4 nitrogen and oxygen atoms in total. The lowest BCUT2D eigenvalue weighted by Gasteiger charge is -2.29. The fourth-order valence-electron chi connectivity index (χ4n) is 0.853. The molecule has 0 spiro atoms. The van der Waals surface area contributed by atoms with Crippen molar-refractivity contribution >= 4 is 0 Å². The van der Waals surface area contributed by atoms with Crippen LogP contribution in [0.1, 0.15) is 6.42 Å². The predicted octanol–water partition coefficient (Wildman–Crippen LogP) is 0.189. The highest BCUT2D eigenvalue weighted by molar-refractivity contribution is 4.62. The highest BCUT2D eigenvalue weighted by atomic mass is 16.7. The maximum atomic E-state index is 5.12. The summed E-state index contributed by atoms with van der Waals surface area (Å²) in [5.41, 5.74) is 0. The Labute approximate surface area is 67.8 Å². The summed E-state index contributed by atoms with van der Waals surface area (Å²) in [6.07, 6.45) is 0.660. The highest BCUT2D eigenvalue weighted by Gasteiger charge is 2.26. The van der Waals surface area contributed by atoms with E-state index in [1.165, 1.54) is 0 Å². The van der Waals surface area contributed by atoms with Crippen molar-refractivity contribution in [1.29, 1.82) is 0 Å². The first kappa shape index (κ1) is 10.8. The number of hydrogen-bond acceptors (Lipinski definition) is 4. The second-order valence-electron chi connectivity index (χ2n) is 2.15. The lowest BCUT2D eigenvalue weighted by Crippen LogP contribution is -2.47. The Balaban J connectivity index is 3.84. The molecule has 11 heavy (non-hydrogen) atoms. The van der Waals surface area contributed by atoms with Crippen molar-refractivity contribution in [1.82, 2.24) is 5.32 Å². The largest absolute Gasteiger partial charge is 0.384 e. The molecule has 0 radical (unpaired) electrons. The van der Waals surface area contributed by atoms with Gasteiger partial charge in [0.1, 0.15) is 0 Å². The van der Waals surface area contributed by atoms with E-state index in [4.69, 9.17) is 14.2 Å². The zero-order chi connectivity index (χ0) is 8.74. The smallest absolute Gasteiger partial charge is 0.228 e. The van der Waals surface area contributed by atoms with Crippen LogP contribution in [0, 0.1) is 0 Å². The monoisotopic (exact) mass is 163 g/mol. The first-order chi connectivity index (χ1) is 5.24. The molecular weight excluding hydrogens is 146 g/mol. The van der Waals surface area contributed by atoms with Gasteiger partial charge in [-0.2, -0.15) is 0 Å². The van der Waals surface area contributed by atoms with E-state index in [2.05, 4.69) is 5.32 Å².